The van der Waals surface area contributed by atoms with Gasteiger partial charge in [0.15, 0.2) is 0 Å². The van der Waals surface area contributed by atoms with Crippen molar-refractivity contribution in [2.45, 2.75) is 25.7 Å². The predicted octanol–water partition coefficient (Wildman–Crippen LogP) is 1.58. The van der Waals surface area contributed by atoms with Crippen LogP contribution in [0.2, 0.25) is 0 Å². The number of fused-ring (bicyclic) bond motifs is 1. The van der Waals surface area contributed by atoms with Crippen molar-refractivity contribution in [1.82, 2.24) is 19.7 Å². The largest absolute Gasteiger partial charge is 0.477 e. The lowest BCUT2D eigenvalue weighted by Crippen LogP contribution is -2.11. The minimum absolute atomic E-state index is 0.0538. The smallest absolute Gasteiger partial charge is 0.342 e. The zero-order chi connectivity index (χ0) is 14.1. The fourth-order valence-electron chi connectivity index (χ4n) is 2.30. The number of aryl methyl sites for hydroxylation is 3. The molecule has 2 heterocycles. The first-order chi connectivity index (χ1) is 9.63. The van der Waals surface area contributed by atoms with Gasteiger partial charge in [0.05, 0.1) is 0 Å². The van der Waals surface area contributed by atoms with Crippen molar-refractivity contribution in [3.8, 4) is 11.9 Å². The van der Waals surface area contributed by atoms with Crippen LogP contribution >= 0.6 is 0 Å². The Morgan fingerprint density at radius 3 is 2.90 bits per heavy atom. The van der Waals surface area contributed by atoms with Gasteiger partial charge < -0.3 is 9.84 Å². The second kappa shape index (κ2) is 4.92. The summed E-state index contributed by atoms with van der Waals surface area (Å²) in [4.78, 5) is 19.6. The van der Waals surface area contributed by atoms with E-state index in [1.165, 1.54) is 11.0 Å². The molecule has 1 aliphatic rings. The van der Waals surface area contributed by atoms with Gasteiger partial charge in [0.1, 0.15) is 11.9 Å². The van der Waals surface area contributed by atoms with Crippen LogP contribution in [0.15, 0.2) is 12.4 Å². The van der Waals surface area contributed by atoms with E-state index in [0.29, 0.717) is 0 Å². The Morgan fingerprint density at radius 1 is 1.40 bits per heavy atom. The third kappa shape index (κ3) is 2.34. The first-order valence-electron chi connectivity index (χ1n) is 6.43. The van der Waals surface area contributed by atoms with E-state index >= 15 is 0 Å². The van der Waals surface area contributed by atoms with Gasteiger partial charge >= 0.3 is 12.0 Å². The topological polar surface area (TPSA) is 90.1 Å². The van der Waals surface area contributed by atoms with Gasteiger partial charge in [0.2, 0.25) is 5.88 Å². The second-order valence-electron chi connectivity index (χ2n) is 4.76. The molecule has 7 heteroatoms. The molecule has 3 rings (SSSR count). The summed E-state index contributed by atoms with van der Waals surface area (Å²) in [5, 5.41) is 13.3. The summed E-state index contributed by atoms with van der Waals surface area (Å²) >= 11 is 0. The van der Waals surface area contributed by atoms with E-state index in [-0.39, 0.29) is 17.5 Å². The molecule has 0 saturated heterocycles. The zero-order valence-electron chi connectivity index (χ0n) is 11.0. The number of carboxylic acids is 1. The van der Waals surface area contributed by atoms with Crippen molar-refractivity contribution in [3.63, 3.8) is 0 Å². The molecule has 2 aromatic rings. The van der Waals surface area contributed by atoms with E-state index < -0.39 is 5.97 Å². The Balaban J connectivity index is 2.01. The summed E-state index contributed by atoms with van der Waals surface area (Å²) in [6, 6.07) is 1.75. The monoisotopic (exact) mass is 274 g/mol. The second-order valence-corrected chi connectivity index (χ2v) is 4.76. The molecule has 7 nitrogen and oxygen atoms in total. The molecule has 0 atom stereocenters. The van der Waals surface area contributed by atoms with Crippen LogP contribution in [0, 0.1) is 0 Å². The molecule has 1 aliphatic carbocycles. The molecule has 0 fully saturated rings. The van der Waals surface area contributed by atoms with Gasteiger partial charge in [0, 0.05) is 12.7 Å². The van der Waals surface area contributed by atoms with Crippen LogP contribution in [0.1, 0.15) is 34.5 Å². The summed E-state index contributed by atoms with van der Waals surface area (Å²) in [5.41, 5.74) is 1.96. The van der Waals surface area contributed by atoms with Crippen LogP contribution < -0.4 is 4.74 Å². The van der Waals surface area contributed by atoms with E-state index in [0.717, 1.165) is 36.9 Å². The normalized spacial score (nSPS) is 13.8. The molecule has 0 unspecified atom stereocenters. The Morgan fingerprint density at radius 2 is 2.20 bits per heavy atom. The van der Waals surface area contributed by atoms with Crippen molar-refractivity contribution in [2.24, 2.45) is 7.05 Å². The quantitative estimate of drug-likeness (QED) is 0.913. The van der Waals surface area contributed by atoms with Gasteiger partial charge in [-0.15, -0.1) is 5.10 Å². The number of hydrogen-bond acceptors (Lipinski definition) is 5. The van der Waals surface area contributed by atoms with Gasteiger partial charge in [-0.05, 0) is 37.3 Å². The summed E-state index contributed by atoms with van der Waals surface area (Å²) in [5.74, 6) is -0.999. The van der Waals surface area contributed by atoms with Crippen LogP contribution in [-0.2, 0) is 19.9 Å². The summed E-state index contributed by atoms with van der Waals surface area (Å²) < 4.78 is 6.90. The van der Waals surface area contributed by atoms with E-state index in [4.69, 9.17) is 4.74 Å². The maximum atomic E-state index is 11.3. The van der Waals surface area contributed by atoms with E-state index in [1.54, 1.807) is 13.1 Å². The zero-order valence-corrected chi connectivity index (χ0v) is 11.0. The summed E-state index contributed by atoms with van der Waals surface area (Å²) in [7, 11) is 1.71. The molecule has 0 aliphatic heterocycles. The number of aromatic carboxylic acids is 1. The molecule has 0 aromatic carbocycles. The first kappa shape index (κ1) is 12.6. The number of carbonyl (C=O) groups is 1. The Hall–Kier alpha value is -2.44. The lowest BCUT2D eigenvalue weighted by atomic mass is 9.95. The van der Waals surface area contributed by atoms with Gasteiger partial charge in [-0.2, -0.15) is 4.98 Å². The number of aromatic nitrogens is 4. The van der Waals surface area contributed by atoms with Crippen LogP contribution in [0.3, 0.4) is 0 Å². The van der Waals surface area contributed by atoms with Crippen LogP contribution in [0.4, 0.5) is 0 Å². The average Bonchev–Trinajstić information content (AvgIpc) is 2.83. The molecule has 0 amide bonds. The molecule has 0 radical (unpaired) electrons. The molecule has 0 bridgehead atoms. The molecule has 104 valence electrons. The molecular weight excluding hydrogens is 260 g/mol. The van der Waals surface area contributed by atoms with E-state index in [1.807, 2.05) is 0 Å². The van der Waals surface area contributed by atoms with E-state index in [2.05, 4.69) is 15.1 Å². The van der Waals surface area contributed by atoms with Crippen molar-refractivity contribution in [3.05, 3.63) is 29.2 Å². The number of carboxylic acid groups (broad SMARTS) is 1. The van der Waals surface area contributed by atoms with Crippen molar-refractivity contribution in [2.75, 3.05) is 0 Å². The number of rotatable bonds is 3. The Bertz CT molecular complexity index is 666. The SMILES string of the molecule is Cn1cnc(Oc2nc3c(cc2C(=O)O)CCCC3)n1. The number of ether oxygens (including phenoxy) is 1. The fraction of sp³-hybridized carbons (Fsp3) is 0.385. The van der Waals surface area contributed by atoms with Gasteiger partial charge in [0.25, 0.3) is 0 Å². The van der Waals surface area contributed by atoms with Crippen LogP contribution in [0.25, 0.3) is 0 Å². The fourth-order valence-corrected chi connectivity index (χ4v) is 2.30. The highest BCUT2D eigenvalue weighted by atomic mass is 16.5. The Labute approximate surface area is 115 Å². The van der Waals surface area contributed by atoms with Gasteiger partial charge in [-0.25, -0.2) is 9.78 Å². The van der Waals surface area contributed by atoms with Crippen molar-refractivity contribution in [1.29, 1.82) is 0 Å². The average molecular weight is 274 g/mol. The predicted molar refractivity (Wildman–Crippen MR) is 68.9 cm³/mol. The highest BCUT2D eigenvalue weighted by Gasteiger charge is 2.21. The van der Waals surface area contributed by atoms with Gasteiger partial charge in [-0.3, -0.25) is 4.68 Å². The molecule has 2 aromatic heterocycles. The molecular formula is C13H14N4O3. The van der Waals surface area contributed by atoms with Crippen molar-refractivity contribution < 1.29 is 14.6 Å². The highest BCUT2D eigenvalue weighted by molar-refractivity contribution is 5.90. The van der Waals surface area contributed by atoms with E-state index in [9.17, 15) is 9.90 Å². The maximum Gasteiger partial charge on any atom is 0.342 e. The first-order valence-corrected chi connectivity index (χ1v) is 6.43. The standard InChI is InChI=1S/C13H14N4O3/c1-17-7-14-13(16-17)20-11-9(12(18)19)6-8-4-2-3-5-10(8)15-11/h6-7H,2-5H2,1H3,(H,18,19). The Kier molecular flexibility index (Phi) is 3.09. The summed E-state index contributed by atoms with van der Waals surface area (Å²) in [6.07, 6.45) is 5.32. The third-order valence-electron chi connectivity index (χ3n) is 3.26. The number of hydrogen-bond donors (Lipinski definition) is 1. The number of pyridine rings is 1. The molecule has 0 spiro atoms. The molecule has 0 saturated carbocycles. The van der Waals surface area contributed by atoms with Crippen LogP contribution in [-0.4, -0.2) is 30.8 Å². The number of nitrogens with zero attached hydrogens (tertiary/aromatic N) is 4. The van der Waals surface area contributed by atoms with Crippen molar-refractivity contribution >= 4 is 5.97 Å². The van der Waals surface area contributed by atoms with Crippen LogP contribution in [0.5, 0.6) is 11.9 Å². The minimum Gasteiger partial charge on any atom is -0.477 e. The lowest BCUT2D eigenvalue weighted by Gasteiger charge is -2.16. The molecule has 1 N–H and O–H groups in total. The third-order valence-corrected chi connectivity index (χ3v) is 3.26. The molecule has 20 heavy (non-hydrogen) atoms. The lowest BCUT2D eigenvalue weighted by molar-refractivity contribution is 0.0693. The maximum absolute atomic E-state index is 11.3. The summed E-state index contributed by atoms with van der Waals surface area (Å²) in [6.45, 7) is 0. The highest BCUT2D eigenvalue weighted by Crippen LogP contribution is 2.27. The van der Waals surface area contributed by atoms with Gasteiger partial charge in [-0.1, -0.05) is 0 Å². The minimum atomic E-state index is -1.06.